The molecule has 0 aliphatic rings. The van der Waals surface area contributed by atoms with E-state index in [0.29, 0.717) is 17.9 Å². The third-order valence-corrected chi connectivity index (χ3v) is 5.73. The minimum atomic E-state index is -1.46. The van der Waals surface area contributed by atoms with Gasteiger partial charge in [0.1, 0.15) is 18.1 Å². The first-order valence-corrected chi connectivity index (χ1v) is 12.4. The SMILES string of the molecule is CSCCC(N)C(=O)NC(C(=O)NC(Cc1cnc[nH]1)C(=O)NC(CCC(=O)O)C(=O)O)C(C)C. The summed E-state index contributed by atoms with van der Waals surface area (Å²) < 4.78 is 0. The van der Waals surface area contributed by atoms with Crippen LogP contribution in [0.1, 0.15) is 38.8 Å². The van der Waals surface area contributed by atoms with Gasteiger partial charge in [0.25, 0.3) is 0 Å². The number of aromatic nitrogens is 2. The number of H-pyrrole nitrogens is 1. The zero-order chi connectivity index (χ0) is 26.5. The quantitative estimate of drug-likeness (QED) is 0.144. The zero-order valence-electron chi connectivity index (χ0n) is 19.9. The van der Waals surface area contributed by atoms with E-state index in [2.05, 4.69) is 25.9 Å². The van der Waals surface area contributed by atoms with Gasteiger partial charge in [0.15, 0.2) is 0 Å². The van der Waals surface area contributed by atoms with E-state index < -0.39 is 60.2 Å². The van der Waals surface area contributed by atoms with Crippen LogP contribution in [-0.4, -0.2) is 86.0 Å². The molecule has 0 bridgehead atoms. The normalized spacial score (nSPS) is 14.4. The van der Waals surface area contributed by atoms with Gasteiger partial charge in [-0.05, 0) is 30.8 Å². The summed E-state index contributed by atoms with van der Waals surface area (Å²) in [6, 6.07) is -4.49. The number of nitrogens with two attached hydrogens (primary N) is 1. The predicted molar refractivity (Wildman–Crippen MR) is 128 cm³/mol. The van der Waals surface area contributed by atoms with Crippen molar-refractivity contribution in [2.75, 3.05) is 12.0 Å². The van der Waals surface area contributed by atoms with Crippen molar-refractivity contribution >= 4 is 41.4 Å². The average Bonchev–Trinajstić information content (AvgIpc) is 3.30. The number of aliphatic carboxylic acids is 2. The molecule has 1 heterocycles. The van der Waals surface area contributed by atoms with E-state index in [9.17, 15) is 29.1 Å². The first-order valence-electron chi connectivity index (χ1n) is 11.0. The first kappa shape index (κ1) is 29.9. The molecule has 1 aromatic heterocycles. The molecule has 0 aliphatic heterocycles. The van der Waals surface area contributed by atoms with E-state index in [1.54, 1.807) is 13.8 Å². The van der Waals surface area contributed by atoms with Crippen molar-refractivity contribution in [1.29, 1.82) is 0 Å². The number of thioether (sulfide) groups is 1. The smallest absolute Gasteiger partial charge is 0.326 e. The molecule has 4 atom stereocenters. The maximum atomic E-state index is 13.1. The Morgan fingerprint density at radius 3 is 2.20 bits per heavy atom. The maximum absolute atomic E-state index is 13.1. The Balaban J connectivity index is 3.00. The van der Waals surface area contributed by atoms with E-state index in [4.69, 9.17) is 10.8 Å². The number of nitrogens with one attached hydrogen (secondary N) is 4. The molecule has 0 aromatic carbocycles. The van der Waals surface area contributed by atoms with Crippen molar-refractivity contribution < 1.29 is 34.2 Å². The lowest BCUT2D eigenvalue weighted by atomic mass is 10.0. The van der Waals surface area contributed by atoms with Crippen molar-refractivity contribution in [1.82, 2.24) is 25.9 Å². The van der Waals surface area contributed by atoms with Gasteiger partial charge in [0.05, 0.1) is 12.4 Å². The molecule has 1 aromatic rings. The van der Waals surface area contributed by atoms with Crippen LogP contribution in [-0.2, 0) is 30.4 Å². The minimum absolute atomic E-state index is 0.0468. The van der Waals surface area contributed by atoms with Crippen LogP contribution in [0.2, 0.25) is 0 Å². The number of rotatable bonds is 16. The largest absolute Gasteiger partial charge is 0.481 e. The highest BCUT2D eigenvalue weighted by atomic mass is 32.2. The van der Waals surface area contributed by atoms with E-state index in [-0.39, 0.29) is 18.8 Å². The van der Waals surface area contributed by atoms with Gasteiger partial charge < -0.3 is 36.9 Å². The number of nitrogens with zero attached hydrogens (tertiary/aromatic N) is 1. The third-order valence-electron chi connectivity index (χ3n) is 5.09. The summed E-state index contributed by atoms with van der Waals surface area (Å²) in [7, 11) is 0. The number of carbonyl (C=O) groups is 5. The molecule has 0 fully saturated rings. The lowest BCUT2D eigenvalue weighted by Crippen LogP contribution is -2.59. The standard InChI is InChI=1S/C21H34N6O7S/c1-11(2)17(27-18(30)13(22)6-7-35-3)20(32)26-15(8-12-9-23-10-24-12)19(31)25-14(21(33)34)4-5-16(28)29/h9-11,13-15,17H,4-8,22H2,1-3H3,(H,23,24)(H,25,31)(H,26,32)(H,27,30)(H,28,29)(H,33,34). The second kappa shape index (κ2) is 15.0. The molecule has 1 rings (SSSR count). The topological polar surface area (TPSA) is 217 Å². The van der Waals surface area contributed by atoms with E-state index in [1.165, 1.54) is 24.3 Å². The molecule has 14 heteroatoms. The van der Waals surface area contributed by atoms with Gasteiger partial charge in [-0.2, -0.15) is 11.8 Å². The highest BCUT2D eigenvalue weighted by Crippen LogP contribution is 2.08. The molecule has 35 heavy (non-hydrogen) atoms. The summed E-state index contributed by atoms with van der Waals surface area (Å²) in [6.07, 6.45) is 4.29. The zero-order valence-corrected chi connectivity index (χ0v) is 20.8. The number of amides is 3. The number of imidazole rings is 1. The number of carboxylic acids is 2. The highest BCUT2D eigenvalue weighted by molar-refractivity contribution is 7.98. The third kappa shape index (κ3) is 10.8. The van der Waals surface area contributed by atoms with Crippen molar-refractivity contribution in [2.24, 2.45) is 11.7 Å². The van der Waals surface area contributed by atoms with Crippen molar-refractivity contribution in [3.05, 3.63) is 18.2 Å². The van der Waals surface area contributed by atoms with Gasteiger partial charge in [0, 0.05) is 24.7 Å². The minimum Gasteiger partial charge on any atom is -0.481 e. The first-order chi connectivity index (χ1) is 16.5. The average molecular weight is 515 g/mol. The van der Waals surface area contributed by atoms with Gasteiger partial charge in [0.2, 0.25) is 17.7 Å². The monoisotopic (exact) mass is 514 g/mol. The van der Waals surface area contributed by atoms with Crippen molar-refractivity contribution in [3.63, 3.8) is 0 Å². The highest BCUT2D eigenvalue weighted by Gasteiger charge is 2.32. The lowest BCUT2D eigenvalue weighted by molar-refractivity contribution is -0.143. The van der Waals surface area contributed by atoms with Gasteiger partial charge in [-0.25, -0.2) is 9.78 Å². The summed E-state index contributed by atoms with van der Waals surface area (Å²) >= 11 is 1.54. The van der Waals surface area contributed by atoms with Crippen LogP contribution in [0.25, 0.3) is 0 Å². The fourth-order valence-corrected chi connectivity index (χ4v) is 3.55. The van der Waals surface area contributed by atoms with Crippen LogP contribution in [0.5, 0.6) is 0 Å². The second-order valence-corrected chi connectivity index (χ2v) is 9.28. The van der Waals surface area contributed by atoms with E-state index in [0.717, 1.165) is 0 Å². The van der Waals surface area contributed by atoms with Crippen LogP contribution >= 0.6 is 11.8 Å². The Morgan fingerprint density at radius 2 is 1.69 bits per heavy atom. The molecule has 0 aliphatic carbocycles. The lowest BCUT2D eigenvalue weighted by Gasteiger charge is -2.27. The Hall–Kier alpha value is -3.13. The Morgan fingerprint density at radius 1 is 1.03 bits per heavy atom. The summed E-state index contributed by atoms with van der Waals surface area (Å²) in [4.78, 5) is 67.4. The number of carbonyl (C=O) groups excluding carboxylic acids is 3. The molecule has 0 saturated carbocycles. The molecule has 0 radical (unpaired) electrons. The summed E-state index contributed by atoms with van der Waals surface area (Å²) in [5.41, 5.74) is 6.39. The molecule has 0 saturated heterocycles. The van der Waals surface area contributed by atoms with Crippen LogP contribution in [0, 0.1) is 5.92 Å². The van der Waals surface area contributed by atoms with E-state index >= 15 is 0 Å². The molecule has 8 N–H and O–H groups in total. The summed E-state index contributed by atoms with van der Waals surface area (Å²) in [5.74, 6) is -4.26. The Labute approximate surface area is 207 Å². The molecule has 196 valence electrons. The summed E-state index contributed by atoms with van der Waals surface area (Å²) in [5, 5.41) is 25.7. The molecule has 0 spiro atoms. The van der Waals surface area contributed by atoms with Crippen molar-refractivity contribution in [2.45, 2.75) is 63.7 Å². The maximum Gasteiger partial charge on any atom is 0.326 e. The van der Waals surface area contributed by atoms with Crippen LogP contribution < -0.4 is 21.7 Å². The Kier molecular flexibility index (Phi) is 12.8. The fourth-order valence-electron chi connectivity index (χ4n) is 3.06. The van der Waals surface area contributed by atoms with Gasteiger partial charge >= 0.3 is 11.9 Å². The number of hydrogen-bond acceptors (Lipinski definition) is 8. The molecule has 3 amide bonds. The Bertz CT molecular complexity index is 864. The molecular formula is C21H34N6O7S. The van der Waals surface area contributed by atoms with Gasteiger partial charge in [-0.3, -0.25) is 19.2 Å². The summed E-state index contributed by atoms with van der Waals surface area (Å²) in [6.45, 7) is 3.43. The fraction of sp³-hybridized carbons (Fsp3) is 0.619. The van der Waals surface area contributed by atoms with Crippen molar-refractivity contribution in [3.8, 4) is 0 Å². The van der Waals surface area contributed by atoms with E-state index in [1.807, 2.05) is 6.26 Å². The predicted octanol–water partition coefficient (Wildman–Crippen LogP) is -0.908. The number of carboxylic acid groups (broad SMARTS) is 2. The number of aromatic amines is 1. The number of hydrogen-bond donors (Lipinski definition) is 7. The van der Waals surface area contributed by atoms with Gasteiger partial charge in [-0.15, -0.1) is 0 Å². The van der Waals surface area contributed by atoms with Gasteiger partial charge in [-0.1, -0.05) is 13.8 Å². The molecule has 13 nitrogen and oxygen atoms in total. The molecular weight excluding hydrogens is 480 g/mol. The molecule has 4 unspecified atom stereocenters. The van der Waals surface area contributed by atoms with Crippen LogP contribution in [0.4, 0.5) is 0 Å². The van der Waals surface area contributed by atoms with Crippen LogP contribution in [0.3, 0.4) is 0 Å². The second-order valence-electron chi connectivity index (χ2n) is 8.29. The van der Waals surface area contributed by atoms with Crippen LogP contribution in [0.15, 0.2) is 12.5 Å².